The number of carbonyl (C=O) groups is 2. The van der Waals surface area contributed by atoms with Gasteiger partial charge >= 0.3 is 6.09 Å². The number of rotatable bonds is 10. The predicted octanol–water partition coefficient (Wildman–Crippen LogP) is 4.46. The maximum atomic E-state index is 12.8. The highest BCUT2D eigenvalue weighted by molar-refractivity contribution is 7.13. The fraction of sp³-hybridized carbons (Fsp3) is 0.370. The number of primary amides is 1. The minimum absolute atomic E-state index is 0.210. The van der Waals surface area contributed by atoms with Crippen molar-refractivity contribution in [1.82, 2.24) is 10.3 Å². The van der Waals surface area contributed by atoms with Crippen molar-refractivity contribution in [1.29, 1.82) is 0 Å². The molecule has 0 aliphatic heterocycles. The number of aromatic nitrogens is 1. The smallest absolute Gasteiger partial charge is 0.407 e. The van der Waals surface area contributed by atoms with Crippen LogP contribution < -0.4 is 11.1 Å². The molecule has 0 saturated heterocycles. The molecule has 1 unspecified atom stereocenters. The largest absolute Gasteiger partial charge is 0.444 e. The van der Waals surface area contributed by atoms with Crippen LogP contribution in [0, 0.1) is 0 Å². The molecule has 0 aliphatic carbocycles. The summed E-state index contributed by atoms with van der Waals surface area (Å²) in [5.41, 5.74) is 6.76. The zero-order chi connectivity index (χ0) is 25.4. The van der Waals surface area contributed by atoms with E-state index in [1.54, 1.807) is 20.8 Å². The van der Waals surface area contributed by atoms with E-state index in [2.05, 4.69) is 10.3 Å². The normalized spacial score (nSPS) is 14.1. The number of ether oxygens (including phenoxy) is 1. The molecule has 0 saturated carbocycles. The van der Waals surface area contributed by atoms with Gasteiger partial charge in [0.05, 0.1) is 23.4 Å². The maximum absolute atomic E-state index is 12.8. The Morgan fingerprint density at radius 3 is 2.29 bits per heavy atom. The first-order valence-electron chi connectivity index (χ1n) is 11.6. The Hall–Kier alpha value is -3.23. The summed E-state index contributed by atoms with van der Waals surface area (Å²) in [6.45, 7) is 5.40. The molecular weight excluding hydrogens is 462 g/mol. The van der Waals surface area contributed by atoms with Gasteiger partial charge in [0.15, 0.2) is 0 Å². The number of nitrogens with one attached hydrogen (secondary N) is 1. The summed E-state index contributed by atoms with van der Waals surface area (Å²) in [5.74, 6) is -0.732. The van der Waals surface area contributed by atoms with Gasteiger partial charge in [0.1, 0.15) is 10.5 Å². The van der Waals surface area contributed by atoms with E-state index in [0.717, 1.165) is 11.1 Å². The number of aliphatic hydroxyl groups is 1. The highest BCUT2D eigenvalue weighted by Crippen LogP contribution is 2.29. The van der Waals surface area contributed by atoms with E-state index >= 15 is 0 Å². The number of hydrogen-bond acceptors (Lipinski definition) is 6. The van der Waals surface area contributed by atoms with Crippen LogP contribution in [0.25, 0.3) is 0 Å². The van der Waals surface area contributed by atoms with E-state index in [1.165, 1.54) is 17.5 Å². The first-order chi connectivity index (χ1) is 16.6. The molecule has 0 aliphatic rings. The maximum Gasteiger partial charge on any atom is 0.407 e. The first-order valence-corrected chi connectivity index (χ1v) is 12.4. The lowest BCUT2D eigenvalue weighted by molar-refractivity contribution is 0.0384. The molecule has 3 atom stereocenters. The van der Waals surface area contributed by atoms with Gasteiger partial charge in [-0.15, -0.1) is 11.3 Å². The lowest BCUT2D eigenvalue weighted by atomic mass is 9.82. The van der Waals surface area contributed by atoms with Gasteiger partial charge in [-0.1, -0.05) is 60.7 Å². The molecule has 0 fully saturated rings. The second kappa shape index (κ2) is 12.0. The highest BCUT2D eigenvalue weighted by Gasteiger charge is 2.33. The molecule has 0 spiro atoms. The number of amides is 2. The topological polar surface area (TPSA) is 115 Å². The molecule has 186 valence electrons. The second-order valence-electron chi connectivity index (χ2n) is 9.47. The third-order valence-electron chi connectivity index (χ3n) is 5.51. The minimum atomic E-state index is -0.891. The predicted molar refractivity (Wildman–Crippen MR) is 137 cm³/mol. The van der Waals surface area contributed by atoms with Crippen molar-refractivity contribution in [2.45, 2.75) is 63.7 Å². The average molecular weight is 496 g/mol. The summed E-state index contributed by atoms with van der Waals surface area (Å²) in [4.78, 5) is 28.8. The van der Waals surface area contributed by atoms with E-state index in [1.807, 2.05) is 60.7 Å². The zero-order valence-electron chi connectivity index (χ0n) is 20.3. The van der Waals surface area contributed by atoms with E-state index in [4.69, 9.17) is 10.5 Å². The van der Waals surface area contributed by atoms with Crippen LogP contribution in [-0.4, -0.2) is 39.8 Å². The highest BCUT2D eigenvalue weighted by atomic mass is 32.1. The fourth-order valence-corrected chi connectivity index (χ4v) is 4.70. The number of aliphatic hydroxyl groups excluding tert-OH is 1. The number of aryl methyl sites for hydroxylation is 1. The SMILES string of the molecule is CC(C)(C)OC(=O)N[C@@H](C(Cc1ccccc1)c1ccccc1)[C@@H](O)CCc1ncc(C(N)=O)s1. The minimum Gasteiger partial charge on any atom is -0.444 e. The first kappa shape index (κ1) is 26.4. The Bertz CT molecular complexity index is 1100. The van der Waals surface area contributed by atoms with Gasteiger partial charge in [-0.25, -0.2) is 9.78 Å². The molecular formula is C27H33N3O4S. The quantitative estimate of drug-likeness (QED) is 0.384. The second-order valence-corrected chi connectivity index (χ2v) is 10.6. The summed E-state index contributed by atoms with van der Waals surface area (Å²) in [7, 11) is 0. The van der Waals surface area contributed by atoms with Crippen molar-refractivity contribution in [3.05, 3.63) is 87.9 Å². The van der Waals surface area contributed by atoms with Gasteiger partial charge in [-0.05, 0) is 44.7 Å². The third kappa shape index (κ3) is 8.19. The summed E-state index contributed by atoms with van der Waals surface area (Å²) < 4.78 is 5.52. The van der Waals surface area contributed by atoms with Crippen LogP contribution >= 0.6 is 11.3 Å². The Morgan fingerprint density at radius 1 is 1.09 bits per heavy atom. The third-order valence-corrected chi connectivity index (χ3v) is 6.58. The molecule has 2 aromatic carbocycles. The molecule has 4 N–H and O–H groups in total. The summed E-state index contributed by atoms with van der Waals surface area (Å²) >= 11 is 1.22. The lowest BCUT2D eigenvalue weighted by Crippen LogP contribution is -2.49. The Labute approximate surface area is 210 Å². The molecule has 1 aromatic heterocycles. The zero-order valence-corrected chi connectivity index (χ0v) is 21.1. The Kier molecular flexibility index (Phi) is 9.01. The molecule has 8 heteroatoms. The standard InChI is InChI=1S/C27H33N3O4S/c1-27(2,3)34-26(33)30-24(21(31)14-15-23-29-17-22(35-23)25(28)32)20(19-12-8-5-9-13-19)16-18-10-6-4-7-11-18/h4-13,17,20-21,24,31H,14-16H2,1-3H3,(H2,28,32)(H,30,33)/t20?,21-,24-/m0/s1. The van der Waals surface area contributed by atoms with E-state index in [9.17, 15) is 14.7 Å². The van der Waals surface area contributed by atoms with Crippen LogP contribution in [-0.2, 0) is 17.6 Å². The van der Waals surface area contributed by atoms with Crippen molar-refractivity contribution in [3.63, 3.8) is 0 Å². The van der Waals surface area contributed by atoms with Crippen LogP contribution in [0.2, 0.25) is 0 Å². The number of benzene rings is 2. The van der Waals surface area contributed by atoms with E-state index < -0.39 is 29.7 Å². The van der Waals surface area contributed by atoms with Gasteiger partial charge in [-0.2, -0.15) is 0 Å². The van der Waals surface area contributed by atoms with Crippen molar-refractivity contribution >= 4 is 23.3 Å². The molecule has 0 radical (unpaired) electrons. The summed E-state index contributed by atoms with van der Waals surface area (Å²) in [6.07, 6.45) is 1.37. The number of nitrogens with two attached hydrogens (primary N) is 1. The molecule has 2 amide bonds. The van der Waals surface area contributed by atoms with Crippen molar-refractivity contribution in [2.24, 2.45) is 5.73 Å². The average Bonchev–Trinajstić information content (AvgIpc) is 3.29. The van der Waals surface area contributed by atoms with Crippen molar-refractivity contribution < 1.29 is 19.4 Å². The molecule has 3 rings (SSSR count). The summed E-state index contributed by atoms with van der Waals surface area (Å²) in [5, 5.41) is 15.0. The van der Waals surface area contributed by atoms with Gasteiger partial charge in [-0.3, -0.25) is 4.79 Å². The van der Waals surface area contributed by atoms with Gasteiger partial charge in [0.25, 0.3) is 5.91 Å². The number of carbonyl (C=O) groups excluding carboxylic acids is 2. The Balaban J connectivity index is 1.88. The van der Waals surface area contributed by atoms with Crippen molar-refractivity contribution in [3.8, 4) is 0 Å². The van der Waals surface area contributed by atoms with Crippen LogP contribution in [0.5, 0.6) is 0 Å². The number of hydrogen-bond donors (Lipinski definition) is 3. The van der Waals surface area contributed by atoms with Crippen LogP contribution in [0.4, 0.5) is 4.79 Å². The van der Waals surface area contributed by atoms with E-state index in [0.29, 0.717) is 29.1 Å². The molecule has 7 nitrogen and oxygen atoms in total. The molecule has 3 aromatic rings. The fourth-order valence-electron chi connectivity index (χ4n) is 3.92. The summed E-state index contributed by atoms with van der Waals surface area (Å²) in [6, 6.07) is 19.2. The van der Waals surface area contributed by atoms with Gasteiger partial charge in [0.2, 0.25) is 0 Å². The monoisotopic (exact) mass is 495 g/mol. The van der Waals surface area contributed by atoms with Crippen LogP contribution in [0.1, 0.15) is 58.9 Å². The molecule has 0 bridgehead atoms. The Morgan fingerprint density at radius 2 is 1.71 bits per heavy atom. The molecule has 1 heterocycles. The van der Waals surface area contributed by atoms with Gasteiger partial charge < -0.3 is 20.9 Å². The number of nitrogens with zero attached hydrogens (tertiary/aromatic N) is 1. The number of alkyl carbamates (subject to hydrolysis) is 1. The number of thiazole rings is 1. The van der Waals surface area contributed by atoms with Gasteiger partial charge in [0, 0.05) is 12.3 Å². The van der Waals surface area contributed by atoms with Crippen molar-refractivity contribution in [2.75, 3.05) is 0 Å². The van der Waals surface area contributed by atoms with Crippen LogP contribution in [0.15, 0.2) is 66.9 Å². The molecule has 35 heavy (non-hydrogen) atoms. The van der Waals surface area contributed by atoms with E-state index in [-0.39, 0.29) is 5.92 Å². The lowest BCUT2D eigenvalue weighted by Gasteiger charge is -2.33. The van der Waals surface area contributed by atoms with Crippen LogP contribution in [0.3, 0.4) is 0 Å².